The third kappa shape index (κ3) is 1.16. The number of hydrogen-bond donors (Lipinski definition) is 1. The van der Waals surface area contributed by atoms with Crippen LogP contribution in [0.4, 0.5) is 0 Å². The fraction of sp³-hybridized carbons (Fsp3) is 0.667. The van der Waals surface area contributed by atoms with Gasteiger partial charge in [-0.3, -0.25) is 0 Å². The van der Waals surface area contributed by atoms with E-state index in [0.717, 1.165) is 17.8 Å². The standard InChI is InChI=1S/C6H11N3O/c1-3-6-5(2)7-9(4-10)8-6/h10H,3-4H2,1-2H3. The van der Waals surface area contributed by atoms with Gasteiger partial charge in [-0.2, -0.15) is 15.0 Å². The molecule has 1 aromatic rings. The van der Waals surface area contributed by atoms with E-state index in [4.69, 9.17) is 5.11 Å². The Balaban J connectivity index is 2.92. The number of hydrogen-bond acceptors (Lipinski definition) is 3. The van der Waals surface area contributed by atoms with Crippen molar-refractivity contribution in [1.82, 2.24) is 15.0 Å². The van der Waals surface area contributed by atoms with Crippen LogP contribution in [-0.4, -0.2) is 20.1 Å². The summed E-state index contributed by atoms with van der Waals surface area (Å²) < 4.78 is 0. The summed E-state index contributed by atoms with van der Waals surface area (Å²) in [6, 6.07) is 0. The van der Waals surface area contributed by atoms with Gasteiger partial charge in [0.25, 0.3) is 0 Å². The minimum atomic E-state index is -0.138. The van der Waals surface area contributed by atoms with E-state index in [1.165, 1.54) is 4.80 Å². The van der Waals surface area contributed by atoms with Crippen LogP contribution in [0, 0.1) is 6.92 Å². The normalized spacial score (nSPS) is 10.3. The van der Waals surface area contributed by atoms with Gasteiger partial charge in [0.15, 0.2) is 6.73 Å². The number of aliphatic hydroxyl groups excluding tert-OH is 1. The molecular formula is C6H11N3O. The van der Waals surface area contributed by atoms with Crippen molar-refractivity contribution in [2.24, 2.45) is 0 Å². The van der Waals surface area contributed by atoms with Crippen molar-refractivity contribution in [3.8, 4) is 0 Å². The SMILES string of the molecule is CCc1nn(CO)nc1C. The molecule has 0 aliphatic heterocycles. The second-order valence-corrected chi connectivity index (χ2v) is 2.10. The van der Waals surface area contributed by atoms with Gasteiger partial charge in [-0.05, 0) is 13.3 Å². The molecule has 0 fully saturated rings. The molecule has 0 amide bonds. The zero-order chi connectivity index (χ0) is 7.56. The summed E-state index contributed by atoms with van der Waals surface area (Å²) in [6.45, 7) is 3.76. The molecule has 0 radical (unpaired) electrons. The van der Waals surface area contributed by atoms with Crippen molar-refractivity contribution >= 4 is 0 Å². The Hall–Kier alpha value is -0.900. The zero-order valence-corrected chi connectivity index (χ0v) is 6.20. The number of aliphatic hydroxyl groups is 1. The molecule has 1 heterocycles. The average Bonchev–Trinajstić information content (AvgIpc) is 2.30. The predicted molar refractivity (Wildman–Crippen MR) is 36.4 cm³/mol. The van der Waals surface area contributed by atoms with Crippen LogP contribution < -0.4 is 0 Å². The minimum absolute atomic E-state index is 0.138. The zero-order valence-electron chi connectivity index (χ0n) is 6.20. The second-order valence-electron chi connectivity index (χ2n) is 2.10. The summed E-state index contributed by atoms with van der Waals surface area (Å²) in [6.07, 6.45) is 0.867. The van der Waals surface area contributed by atoms with E-state index in [2.05, 4.69) is 10.2 Å². The van der Waals surface area contributed by atoms with E-state index in [1.54, 1.807) is 0 Å². The Morgan fingerprint density at radius 1 is 1.50 bits per heavy atom. The highest BCUT2D eigenvalue weighted by Crippen LogP contribution is 1.99. The van der Waals surface area contributed by atoms with Gasteiger partial charge in [0.2, 0.25) is 0 Å². The Bertz CT molecular complexity index is 219. The number of rotatable bonds is 2. The van der Waals surface area contributed by atoms with Crippen molar-refractivity contribution in [1.29, 1.82) is 0 Å². The maximum atomic E-state index is 8.61. The molecule has 1 N–H and O–H groups in total. The van der Waals surface area contributed by atoms with Gasteiger partial charge >= 0.3 is 0 Å². The predicted octanol–water partition coefficient (Wildman–Crippen LogP) is 0.0987. The Labute approximate surface area is 59.5 Å². The first kappa shape index (κ1) is 7.21. The van der Waals surface area contributed by atoms with E-state index in [9.17, 15) is 0 Å². The lowest BCUT2D eigenvalue weighted by molar-refractivity contribution is 0.177. The molecule has 0 saturated carbocycles. The lowest BCUT2D eigenvalue weighted by atomic mass is 10.3. The van der Waals surface area contributed by atoms with Crippen LogP contribution in [0.15, 0.2) is 0 Å². The van der Waals surface area contributed by atoms with Crippen LogP contribution in [-0.2, 0) is 13.2 Å². The molecule has 0 aliphatic carbocycles. The van der Waals surface area contributed by atoms with E-state index >= 15 is 0 Å². The second kappa shape index (κ2) is 2.79. The lowest BCUT2D eigenvalue weighted by Crippen LogP contribution is -2.00. The van der Waals surface area contributed by atoms with Gasteiger partial charge in [-0.1, -0.05) is 6.92 Å². The Kier molecular flexibility index (Phi) is 2.01. The van der Waals surface area contributed by atoms with Gasteiger partial charge in [0.05, 0.1) is 11.4 Å². The van der Waals surface area contributed by atoms with Gasteiger partial charge in [-0.25, -0.2) is 0 Å². The summed E-state index contributed by atoms with van der Waals surface area (Å²) >= 11 is 0. The molecule has 0 aromatic carbocycles. The van der Waals surface area contributed by atoms with Gasteiger partial charge in [0.1, 0.15) is 0 Å². The van der Waals surface area contributed by atoms with Crippen molar-refractivity contribution in [2.45, 2.75) is 27.0 Å². The van der Waals surface area contributed by atoms with Gasteiger partial charge in [0, 0.05) is 0 Å². The third-order valence-electron chi connectivity index (χ3n) is 1.38. The topological polar surface area (TPSA) is 50.9 Å². The third-order valence-corrected chi connectivity index (χ3v) is 1.38. The average molecular weight is 141 g/mol. The van der Waals surface area contributed by atoms with Crippen molar-refractivity contribution in [2.75, 3.05) is 0 Å². The van der Waals surface area contributed by atoms with Crippen LogP contribution in [0.25, 0.3) is 0 Å². The van der Waals surface area contributed by atoms with E-state index < -0.39 is 0 Å². The van der Waals surface area contributed by atoms with Crippen LogP contribution in [0.5, 0.6) is 0 Å². The number of nitrogens with zero attached hydrogens (tertiary/aromatic N) is 3. The van der Waals surface area contributed by atoms with Crippen LogP contribution >= 0.6 is 0 Å². The smallest absolute Gasteiger partial charge is 0.155 e. The summed E-state index contributed by atoms with van der Waals surface area (Å²) in [4.78, 5) is 1.29. The van der Waals surface area contributed by atoms with Crippen molar-refractivity contribution in [3.63, 3.8) is 0 Å². The molecule has 0 bridgehead atoms. The van der Waals surface area contributed by atoms with Crippen molar-refractivity contribution in [3.05, 3.63) is 11.4 Å². The molecule has 0 unspecified atom stereocenters. The molecule has 4 nitrogen and oxygen atoms in total. The summed E-state index contributed by atoms with van der Waals surface area (Å²) in [5, 5.41) is 16.6. The van der Waals surface area contributed by atoms with Crippen molar-refractivity contribution < 1.29 is 5.11 Å². The molecule has 0 aliphatic rings. The van der Waals surface area contributed by atoms with Crippen LogP contribution in [0.2, 0.25) is 0 Å². The minimum Gasteiger partial charge on any atom is -0.373 e. The van der Waals surface area contributed by atoms with E-state index in [1.807, 2.05) is 13.8 Å². The number of aromatic nitrogens is 3. The first-order valence-electron chi connectivity index (χ1n) is 3.29. The molecule has 4 heteroatoms. The maximum absolute atomic E-state index is 8.61. The molecule has 0 atom stereocenters. The molecule has 1 rings (SSSR count). The molecule has 10 heavy (non-hydrogen) atoms. The highest BCUT2D eigenvalue weighted by atomic mass is 16.3. The Morgan fingerprint density at radius 3 is 2.50 bits per heavy atom. The molecule has 1 aromatic heterocycles. The van der Waals surface area contributed by atoms with Gasteiger partial charge in [-0.15, -0.1) is 0 Å². The van der Waals surface area contributed by atoms with E-state index in [-0.39, 0.29) is 6.73 Å². The quantitative estimate of drug-likeness (QED) is 0.635. The molecule has 0 spiro atoms. The summed E-state index contributed by atoms with van der Waals surface area (Å²) in [5.74, 6) is 0. The van der Waals surface area contributed by atoms with Crippen LogP contribution in [0.3, 0.4) is 0 Å². The fourth-order valence-electron chi connectivity index (χ4n) is 0.855. The Morgan fingerprint density at radius 2 is 2.20 bits per heavy atom. The summed E-state index contributed by atoms with van der Waals surface area (Å²) in [5.41, 5.74) is 1.85. The first-order valence-corrected chi connectivity index (χ1v) is 3.29. The van der Waals surface area contributed by atoms with E-state index in [0.29, 0.717) is 0 Å². The molecule has 0 saturated heterocycles. The number of aryl methyl sites for hydroxylation is 2. The van der Waals surface area contributed by atoms with Gasteiger partial charge < -0.3 is 5.11 Å². The highest BCUT2D eigenvalue weighted by Gasteiger charge is 2.01. The fourth-order valence-corrected chi connectivity index (χ4v) is 0.855. The highest BCUT2D eigenvalue weighted by molar-refractivity contribution is 5.05. The maximum Gasteiger partial charge on any atom is 0.155 e. The largest absolute Gasteiger partial charge is 0.373 e. The lowest BCUT2D eigenvalue weighted by Gasteiger charge is -1.87. The molecular weight excluding hydrogens is 130 g/mol. The van der Waals surface area contributed by atoms with Crippen LogP contribution in [0.1, 0.15) is 18.3 Å². The first-order chi connectivity index (χ1) is 4.77. The monoisotopic (exact) mass is 141 g/mol. The summed E-state index contributed by atoms with van der Waals surface area (Å²) in [7, 11) is 0. The molecule has 56 valence electrons.